The maximum atomic E-state index is 5.58. The second-order valence-corrected chi connectivity index (χ2v) is 5.65. The third-order valence-electron chi connectivity index (χ3n) is 2.78. The van der Waals surface area contributed by atoms with Crippen LogP contribution in [0.4, 0.5) is 5.82 Å². The minimum atomic E-state index is 0.594. The van der Waals surface area contributed by atoms with Crippen LogP contribution in [0.2, 0.25) is 0 Å². The zero-order chi connectivity index (χ0) is 14.0. The van der Waals surface area contributed by atoms with Crippen molar-refractivity contribution in [3.63, 3.8) is 0 Å². The zero-order valence-corrected chi connectivity index (χ0v) is 14.2. The molecule has 0 bridgehead atoms. The van der Waals surface area contributed by atoms with Crippen molar-refractivity contribution in [1.29, 1.82) is 0 Å². The molecule has 0 amide bonds. The molecule has 0 saturated carbocycles. The average molecular weight is 389 g/mol. The van der Waals surface area contributed by atoms with E-state index in [0.717, 1.165) is 34.5 Å². The molecule has 0 aliphatic carbocycles. The van der Waals surface area contributed by atoms with Crippen LogP contribution in [0.3, 0.4) is 0 Å². The Morgan fingerprint density at radius 1 is 1.26 bits per heavy atom. The lowest BCUT2D eigenvalue weighted by Gasteiger charge is -2.11. The van der Waals surface area contributed by atoms with Gasteiger partial charge in [0.25, 0.3) is 0 Å². The number of aromatic nitrogens is 2. The molecule has 0 aliphatic heterocycles. The Kier molecular flexibility index (Phi) is 4.62. The van der Waals surface area contributed by atoms with E-state index in [2.05, 4.69) is 61.0 Å². The van der Waals surface area contributed by atoms with Gasteiger partial charge in [0.1, 0.15) is 5.82 Å². The summed E-state index contributed by atoms with van der Waals surface area (Å²) in [5.74, 6) is 2.12. The van der Waals surface area contributed by atoms with Crippen LogP contribution in [-0.4, -0.2) is 16.5 Å². The molecule has 2 aromatic heterocycles. The van der Waals surface area contributed by atoms with Gasteiger partial charge in [-0.25, -0.2) is 9.97 Å². The Morgan fingerprint density at radius 2 is 2.00 bits per heavy atom. The molecule has 2 heterocycles. The molecule has 0 saturated heterocycles. The Labute approximate surface area is 129 Å². The summed E-state index contributed by atoms with van der Waals surface area (Å²) in [6.45, 7) is 6.98. The van der Waals surface area contributed by atoms with Gasteiger partial charge in [0.05, 0.1) is 4.47 Å². The summed E-state index contributed by atoms with van der Waals surface area (Å²) in [5, 5.41) is 3.28. The molecule has 2 aromatic rings. The van der Waals surface area contributed by atoms with Crippen LogP contribution in [0.25, 0.3) is 11.6 Å². The second kappa shape index (κ2) is 6.05. The number of hydrogen-bond donors (Lipinski definition) is 1. The van der Waals surface area contributed by atoms with E-state index in [1.165, 1.54) is 0 Å². The van der Waals surface area contributed by atoms with E-state index in [1.807, 2.05) is 13.0 Å². The van der Waals surface area contributed by atoms with Crippen LogP contribution >= 0.6 is 31.9 Å². The first-order valence-electron chi connectivity index (χ1n) is 6.13. The van der Waals surface area contributed by atoms with Gasteiger partial charge in [-0.3, -0.25) is 0 Å². The average Bonchev–Trinajstić information content (AvgIpc) is 2.70. The van der Waals surface area contributed by atoms with Crippen molar-refractivity contribution in [3.8, 4) is 11.6 Å². The molecular formula is C13H15Br2N3O. The second-order valence-electron chi connectivity index (χ2n) is 4.08. The Bertz CT molecular complexity index is 576. The van der Waals surface area contributed by atoms with Crippen molar-refractivity contribution in [3.05, 3.63) is 26.5 Å². The number of anilines is 1. The summed E-state index contributed by atoms with van der Waals surface area (Å²) in [5.41, 5.74) is 2.13. The van der Waals surface area contributed by atoms with E-state index in [9.17, 15) is 0 Å². The first-order chi connectivity index (χ1) is 9.06. The van der Waals surface area contributed by atoms with E-state index in [4.69, 9.17) is 4.42 Å². The number of aryl methyl sites for hydroxylation is 1. The van der Waals surface area contributed by atoms with Crippen LogP contribution in [0.1, 0.15) is 25.1 Å². The summed E-state index contributed by atoms with van der Waals surface area (Å²) in [6.07, 6.45) is 0.903. The smallest absolute Gasteiger partial charge is 0.197 e. The van der Waals surface area contributed by atoms with E-state index < -0.39 is 0 Å². The highest BCUT2D eigenvalue weighted by atomic mass is 79.9. The topological polar surface area (TPSA) is 51.0 Å². The third kappa shape index (κ3) is 3.00. The van der Waals surface area contributed by atoms with E-state index in [1.54, 1.807) is 0 Å². The fraction of sp³-hybridized carbons (Fsp3) is 0.385. The summed E-state index contributed by atoms with van der Waals surface area (Å²) >= 11 is 6.72. The van der Waals surface area contributed by atoms with Crippen molar-refractivity contribution in [1.82, 2.24) is 9.97 Å². The predicted octanol–water partition coefficient (Wildman–Crippen LogP) is 4.56. The van der Waals surface area contributed by atoms with Gasteiger partial charge in [-0.15, -0.1) is 0 Å². The van der Waals surface area contributed by atoms with E-state index >= 15 is 0 Å². The molecule has 0 aromatic carbocycles. The minimum absolute atomic E-state index is 0.594. The molecule has 0 radical (unpaired) electrons. The summed E-state index contributed by atoms with van der Waals surface area (Å²) in [7, 11) is 0. The molecule has 0 atom stereocenters. The normalized spacial score (nSPS) is 10.8. The van der Waals surface area contributed by atoms with Crippen LogP contribution in [0.5, 0.6) is 0 Å². The fourth-order valence-electron chi connectivity index (χ4n) is 1.90. The van der Waals surface area contributed by atoms with Crippen LogP contribution in [0.15, 0.2) is 19.6 Å². The van der Waals surface area contributed by atoms with Gasteiger partial charge in [0, 0.05) is 23.9 Å². The molecule has 1 N–H and O–H groups in total. The van der Waals surface area contributed by atoms with Crippen molar-refractivity contribution < 1.29 is 4.42 Å². The highest BCUT2D eigenvalue weighted by molar-refractivity contribution is 9.13. The van der Waals surface area contributed by atoms with E-state index in [0.29, 0.717) is 16.3 Å². The molecule has 0 spiro atoms. The van der Waals surface area contributed by atoms with Gasteiger partial charge < -0.3 is 9.73 Å². The fourth-order valence-corrected chi connectivity index (χ4v) is 2.48. The summed E-state index contributed by atoms with van der Waals surface area (Å²) < 4.78 is 7.08. The van der Waals surface area contributed by atoms with Crippen LogP contribution in [0, 0.1) is 6.92 Å². The monoisotopic (exact) mass is 387 g/mol. The van der Waals surface area contributed by atoms with Crippen molar-refractivity contribution >= 4 is 37.7 Å². The molecule has 0 unspecified atom stereocenters. The van der Waals surface area contributed by atoms with Gasteiger partial charge in [-0.05, 0) is 52.1 Å². The largest absolute Gasteiger partial charge is 0.445 e. The summed E-state index contributed by atoms with van der Waals surface area (Å²) in [6, 6.07) is 1.86. The standard InChI is InChI=1S/C13H15Br2N3O/c1-4-8-7(3)17-13(18-12(8)16-5-2)10-6-9(14)11(15)19-10/h6H,4-5H2,1-3H3,(H,16,17,18). The quantitative estimate of drug-likeness (QED) is 0.833. The Balaban J connectivity index is 2.52. The van der Waals surface area contributed by atoms with Crippen molar-refractivity contribution in [2.75, 3.05) is 11.9 Å². The highest BCUT2D eigenvalue weighted by Gasteiger charge is 2.15. The Hall–Kier alpha value is -0.880. The Morgan fingerprint density at radius 3 is 2.53 bits per heavy atom. The lowest BCUT2D eigenvalue weighted by molar-refractivity contribution is 0.549. The predicted molar refractivity (Wildman–Crippen MR) is 83.4 cm³/mol. The molecule has 19 heavy (non-hydrogen) atoms. The number of hydrogen-bond acceptors (Lipinski definition) is 4. The van der Waals surface area contributed by atoms with Crippen LogP contribution < -0.4 is 5.32 Å². The highest BCUT2D eigenvalue weighted by Crippen LogP contribution is 2.32. The first-order valence-corrected chi connectivity index (χ1v) is 7.72. The van der Waals surface area contributed by atoms with Gasteiger partial charge in [0.15, 0.2) is 16.3 Å². The van der Waals surface area contributed by atoms with Gasteiger partial charge in [0.2, 0.25) is 0 Å². The van der Waals surface area contributed by atoms with Gasteiger partial charge >= 0.3 is 0 Å². The molecule has 102 valence electrons. The molecule has 2 rings (SSSR count). The lowest BCUT2D eigenvalue weighted by Crippen LogP contribution is -2.07. The number of nitrogens with zero attached hydrogens (tertiary/aromatic N) is 2. The van der Waals surface area contributed by atoms with Crippen molar-refractivity contribution in [2.45, 2.75) is 27.2 Å². The minimum Gasteiger partial charge on any atom is -0.445 e. The maximum Gasteiger partial charge on any atom is 0.197 e. The third-order valence-corrected chi connectivity index (χ3v) is 4.49. The first kappa shape index (κ1) is 14.5. The van der Waals surface area contributed by atoms with Crippen LogP contribution in [-0.2, 0) is 6.42 Å². The SMILES string of the molecule is CCNc1nc(-c2cc(Br)c(Br)o2)nc(C)c1CC. The maximum absolute atomic E-state index is 5.58. The molecule has 0 fully saturated rings. The molecular weight excluding hydrogens is 374 g/mol. The number of furan rings is 1. The zero-order valence-electron chi connectivity index (χ0n) is 11.1. The van der Waals surface area contributed by atoms with Gasteiger partial charge in [-0.1, -0.05) is 6.92 Å². The lowest BCUT2D eigenvalue weighted by atomic mass is 10.1. The number of rotatable bonds is 4. The summed E-state index contributed by atoms with van der Waals surface area (Å²) in [4.78, 5) is 9.09. The number of halogens is 2. The van der Waals surface area contributed by atoms with E-state index in [-0.39, 0.29) is 0 Å². The number of nitrogens with one attached hydrogen (secondary N) is 1. The molecule has 6 heteroatoms. The van der Waals surface area contributed by atoms with Gasteiger partial charge in [-0.2, -0.15) is 0 Å². The molecule has 0 aliphatic rings. The van der Waals surface area contributed by atoms with Crippen molar-refractivity contribution in [2.24, 2.45) is 0 Å². The molecule has 4 nitrogen and oxygen atoms in total.